The first-order valence-electron chi connectivity index (χ1n) is 4.80. The minimum atomic E-state index is 0.976. The van der Waals surface area contributed by atoms with Gasteiger partial charge in [0.2, 0.25) is 0 Å². The molecule has 0 fully saturated rings. The van der Waals surface area contributed by atoms with Crippen LogP contribution in [0.4, 0.5) is 5.69 Å². The van der Waals surface area contributed by atoms with E-state index in [0.717, 1.165) is 18.7 Å². The molecule has 3 rings (SSSR count). The molecule has 0 spiro atoms. The number of benzene rings is 1. The number of rotatable bonds is 0. The lowest BCUT2D eigenvalue weighted by Gasteiger charge is -2.05. The molecule has 1 aromatic heterocycles. The zero-order valence-corrected chi connectivity index (χ0v) is 7.75. The quantitative estimate of drug-likeness (QED) is 0.659. The van der Waals surface area contributed by atoms with Crippen molar-refractivity contribution in [1.29, 1.82) is 0 Å². The summed E-state index contributed by atoms with van der Waals surface area (Å²) >= 11 is 0. The molecule has 0 radical (unpaired) electrons. The van der Waals surface area contributed by atoms with Gasteiger partial charge in [0.1, 0.15) is 0 Å². The van der Waals surface area contributed by atoms with Crippen LogP contribution in [0.15, 0.2) is 30.5 Å². The second-order valence-electron chi connectivity index (χ2n) is 3.49. The van der Waals surface area contributed by atoms with Crippen LogP contribution in [0.25, 0.3) is 11.3 Å². The van der Waals surface area contributed by atoms with Gasteiger partial charge in [0, 0.05) is 17.8 Å². The first-order chi connectivity index (χ1) is 6.95. The van der Waals surface area contributed by atoms with Crippen molar-refractivity contribution in [2.75, 3.05) is 11.9 Å². The molecule has 14 heavy (non-hydrogen) atoms. The molecule has 0 aliphatic carbocycles. The lowest BCUT2D eigenvalue weighted by atomic mass is 10.1. The second kappa shape index (κ2) is 2.87. The van der Waals surface area contributed by atoms with Gasteiger partial charge in [-0.05, 0) is 18.1 Å². The summed E-state index contributed by atoms with van der Waals surface area (Å²) in [6.45, 7) is 0.976. The third kappa shape index (κ3) is 1.02. The third-order valence-electron chi connectivity index (χ3n) is 2.62. The van der Waals surface area contributed by atoms with E-state index in [2.05, 4.69) is 33.7 Å². The van der Waals surface area contributed by atoms with Crippen molar-refractivity contribution in [2.45, 2.75) is 6.42 Å². The van der Waals surface area contributed by atoms with Gasteiger partial charge in [-0.3, -0.25) is 5.10 Å². The van der Waals surface area contributed by atoms with Crippen molar-refractivity contribution in [2.24, 2.45) is 0 Å². The number of H-pyrrole nitrogens is 1. The Bertz CT molecular complexity index is 459. The van der Waals surface area contributed by atoms with Crippen molar-refractivity contribution in [3.63, 3.8) is 0 Å². The third-order valence-corrected chi connectivity index (χ3v) is 2.62. The molecular formula is C11H11N3. The fourth-order valence-corrected chi connectivity index (χ4v) is 1.92. The van der Waals surface area contributed by atoms with Gasteiger partial charge in [-0.1, -0.05) is 18.2 Å². The Hall–Kier alpha value is -1.77. The first kappa shape index (κ1) is 7.62. The normalized spacial score (nSPS) is 13.7. The number of nitrogens with one attached hydrogen (secondary N) is 2. The molecule has 1 aliphatic heterocycles. The maximum absolute atomic E-state index is 4.09. The maximum Gasteiger partial charge on any atom is 0.0703 e. The molecule has 0 atom stereocenters. The van der Waals surface area contributed by atoms with E-state index in [9.17, 15) is 0 Å². The minimum absolute atomic E-state index is 0.976. The Morgan fingerprint density at radius 1 is 1.21 bits per heavy atom. The summed E-state index contributed by atoms with van der Waals surface area (Å²) in [6.07, 6.45) is 2.94. The molecule has 0 saturated heterocycles. The smallest absolute Gasteiger partial charge is 0.0703 e. The van der Waals surface area contributed by atoms with Crippen molar-refractivity contribution in [3.05, 3.63) is 36.0 Å². The number of anilines is 1. The van der Waals surface area contributed by atoms with Crippen LogP contribution in [0.2, 0.25) is 0 Å². The van der Waals surface area contributed by atoms with E-state index in [0.29, 0.717) is 0 Å². The molecule has 1 aliphatic rings. The molecule has 0 bridgehead atoms. The van der Waals surface area contributed by atoms with Gasteiger partial charge in [0.05, 0.1) is 11.9 Å². The van der Waals surface area contributed by atoms with Crippen molar-refractivity contribution >= 4 is 5.69 Å². The van der Waals surface area contributed by atoms with Gasteiger partial charge in [-0.15, -0.1) is 0 Å². The summed E-state index contributed by atoms with van der Waals surface area (Å²) in [5.74, 6) is 0. The van der Waals surface area contributed by atoms with E-state index in [-0.39, 0.29) is 0 Å². The fraction of sp³-hybridized carbons (Fsp3) is 0.182. The van der Waals surface area contributed by atoms with E-state index in [4.69, 9.17) is 0 Å². The summed E-state index contributed by atoms with van der Waals surface area (Å²) < 4.78 is 0. The molecule has 2 aromatic rings. The van der Waals surface area contributed by atoms with Crippen LogP contribution in [-0.2, 0) is 6.42 Å². The Balaban J connectivity index is 2.27. The monoisotopic (exact) mass is 185 g/mol. The number of hydrogen-bond donors (Lipinski definition) is 2. The Morgan fingerprint density at radius 3 is 3.14 bits per heavy atom. The molecule has 3 nitrogen and oxygen atoms in total. The van der Waals surface area contributed by atoms with Crippen LogP contribution in [0, 0.1) is 0 Å². The number of aromatic nitrogens is 2. The van der Waals surface area contributed by atoms with Gasteiger partial charge in [-0.2, -0.15) is 5.10 Å². The van der Waals surface area contributed by atoms with Crippen molar-refractivity contribution < 1.29 is 0 Å². The zero-order chi connectivity index (χ0) is 9.38. The number of para-hydroxylation sites is 1. The molecule has 3 heteroatoms. The van der Waals surface area contributed by atoms with E-state index in [1.54, 1.807) is 0 Å². The van der Waals surface area contributed by atoms with Crippen LogP contribution in [0.5, 0.6) is 0 Å². The molecule has 2 N–H and O–H groups in total. The van der Waals surface area contributed by atoms with Crippen LogP contribution in [0.1, 0.15) is 5.56 Å². The Morgan fingerprint density at radius 2 is 2.14 bits per heavy atom. The molecule has 0 unspecified atom stereocenters. The molecule has 1 aromatic carbocycles. The van der Waals surface area contributed by atoms with Crippen LogP contribution < -0.4 is 5.32 Å². The van der Waals surface area contributed by atoms with E-state index >= 15 is 0 Å². The summed E-state index contributed by atoms with van der Waals surface area (Å²) in [4.78, 5) is 0. The SMILES string of the molecule is c1ccc2c(c1)NCCc1cn[nH]c1-2. The summed E-state index contributed by atoms with van der Waals surface area (Å²) in [5.41, 5.74) is 4.86. The molecule has 2 heterocycles. The van der Waals surface area contributed by atoms with Gasteiger partial charge in [0.15, 0.2) is 0 Å². The summed E-state index contributed by atoms with van der Waals surface area (Å²) in [5, 5.41) is 10.6. The standard InChI is InChI=1S/C11H11N3/c1-2-4-10-9(3-1)11-8(5-6-12-10)7-13-14-11/h1-4,7,12H,5-6H2,(H,13,14). The summed E-state index contributed by atoms with van der Waals surface area (Å²) in [7, 11) is 0. The molecule has 0 amide bonds. The van der Waals surface area contributed by atoms with Gasteiger partial charge >= 0.3 is 0 Å². The molecule has 0 saturated carbocycles. The number of aromatic amines is 1. The van der Waals surface area contributed by atoms with Crippen LogP contribution in [-0.4, -0.2) is 16.7 Å². The topological polar surface area (TPSA) is 40.7 Å². The van der Waals surface area contributed by atoms with E-state index in [1.165, 1.54) is 16.8 Å². The second-order valence-corrected chi connectivity index (χ2v) is 3.49. The predicted octanol–water partition coefficient (Wildman–Crippen LogP) is 2.04. The van der Waals surface area contributed by atoms with Crippen molar-refractivity contribution in [1.82, 2.24) is 10.2 Å². The Labute approximate surface area is 82.2 Å². The van der Waals surface area contributed by atoms with Gasteiger partial charge in [-0.25, -0.2) is 0 Å². The average molecular weight is 185 g/mol. The van der Waals surface area contributed by atoms with E-state index in [1.807, 2.05) is 12.3 Å². The average Bonchev–Trinajstić information content (AvgIpc) is 2.61. The minimum Gasteiger partial charge on any atom is -0.384 e. The van der Waals surface area contributed by atoms with Crippen LogP contribution in [0.3, 0.4) is 0 Å². The predicted molar refractivity (Wildman–Crippen MR) is 56.2 cm³/mol. The molecular weight excluding hydrogens is 174 g/mol. The zero-order valence-electron chi connectivity index (χ0n) is 7.75. The lowest BCUT2D eigenvalue weighted by Crippen LogP contribution is -2.01. The Kier molecular flexibility index (Phi) is 1.56. The van der Waals surface area contributed by atoms with Crippen LogP contribution >= 0.6 is 0 Å². The van der Waals surface area contributed by atoms with E-state index < -0.39 is 0 Å². The highest BCUT2D eigenvalue weighted by molar-refractivity contribution is 5.78. The largest absolute Gasteiger partial charge is 0.384 e. The first-order valence-corrected chi connectivity index (χ1v) is 4.80. The lowest BCUT2D eigenvalue weighted by molar-refractivity contribution is 1.03. The fourth-order valence-electron chi connectivity index (χ4n) is 1.92. The highest BCUT2D eigenvalue weighted by Gasteiger charge is 2.14. The van der Waals surface area contributed by atoms with Crippen molar-refractivity contribution in [3.8, 4) is 11.3 Å². The summed E-state index contributed by atoms with van der Waals surface area (Å²) in [6, 6.07) is 8.32. The highest BCUT2D eigenvalue weighted by Crippen LogP contribution is 2.31. The maximum atomic E-state index is 4.09. The number of fused-ring (bicyclic) bond motifs is 3. The number of nitrogens with zero attached hydrogens (tertiary/aromatic N) is 1. The van der Waals surface area contributed by atoms with Gasteiger partial charge in [0.25, 0.3) is 0 Å². The highest BCUT2D eigenvalue weighted by atomic mass is 15.1. The number of hydrogen-bond acceptors (Lipinski definition) is 2. The molecule has 70 valence electrons. The van der Waals surface area contributed by atoms with Gasteiger partial charge < -0.3 is 5.32 Å².